The Kier molecular flexibility index (Phi) is 7.06. The van der Waals surface area contributed by atoms with Crippen LogP contribution in [0.2, 0.25) is 0 Å². The van der Waals surface area contributed by atoms with Crippen molar-refractivity contribution in [3.8, 4) is 0 Å². The molecule has 1 aromatic heterocycles. The summed E-state index contributed by atoms with van der Waals surface area (Å²) in [6.45, 7) is 16.4. The fourth-order valence-electron chi connectivity index (χ4n) is 3.22. The molecule has 5 heteroatoms. The van der Waals surface area contributed by atoms with Gasteiger partial charge in [0, 0.05) is 19.6 Å². The van der Waals surface area contributed by atoms with E-state index in [1.54, 1.807) is 11.3 Å². The van der Waals surface area contributed by atoms with Crippen LogP contribution in [0.3, 0.4) is 0 Å². The van der Waals surface area contributed by atoms with Gasteiger partial charge in [-0.1, -0.05) is 50.5 Å². The molecule has 1 aromatic carbocycles. The highest BCUT2D eigenvalue weighted by atomic mass is 32.1. The highest BCUT2D eigenvalue weighted by Gasteiger charge is 2.19. The minimum atomic E-state index is 0.680. The highest BCUT2D eigenvalue weighted by molar-refractivity contribution is 7.20. The van der Waals surface area contributed by atoms with Gasteiger partial charge in [0.05, 0.1) is 34.8 Å². The molecule has 2 heterocycles. The van der Waals surface area contributed by atoms with Crippen LogP contribution in [0.15, 0.2) is 55.2 Å². The molecule has 1 saturated heterocycles. The number of anilines is 1. The van der Waals surface area contributed by atoms with Gasteiger partial charge in [0.2, 0.25) is 0 Å². The van der Waals surface area contributed by atoms with E-state index in [0.717, 1.165) is 54.5 Å². The number of benzene rings is 1. The maximum atomic E-state index is 5.52. The normalized spacial score (nSPS) is 15.4. The smallest absolute Gasteiger partial charge is 0.140 e. The van der Waals surface area contributed by atoms with Gasteiger partial charge < -0.3 is 15.0 Å². The van der Waals surface area contributed by atoms with Gasteiger partial charge >= 0.3 is 0 Å². The number of aromatic nitrogens is 1. The van der Waals surface area contributed by atoms with Crippen molar-refractivity contribution in [1.82, 2.24) is 10.3 Å². The van der Waals surface area contributed by atoms with E-state index in [4.69, 9.17) is 9.72 Å². The fourth-order valence-corrected chi connectivity index (χ4v) is 4.32. The summed E-state index contributed by atoms with van der Waals surface area (Å²) in [4.78, 5) is 7.35. The predicted molar refractivity (Wildman–Crippen MR) is 122 cm³/mol. The minimum absolute atomic E-state index is 0.680. The third-order valence-electron chi connectivity index (χ3n) is 4.87. The summed E-state index contributed by atoms with van der Waals surface area (Å²) >= 11 is 1.72. The van der Waals surface area contributed by atoms with Crippen LogP contribution in [0.5, 0.6) is 0 Å². The summed E-state index contributed by atoms with van der Waals surface area (Å²) in [5.74, 6) is 0. The lowest BCUT2D eigenvalue weighted by molar-refractivity contribution is 0.123. The number of rotatable bonds is 8. The number of hydrogen-bond donors (Lipinski definition) is 1. The van der Waals surface area contributed by atoms with Gasteiger partial charge in [0.1, 0.15) is 5.01 Å². The van der Waals surface area contributed by atoms with Crippen LogP contribution in [0.25, 0.3) is 15.9 Å². The maximum absolute atomic E-state index is 5.52. The number of ether oxygens (including phenoxy) is 1. The molecular weight excluding hydrogens is 366 g/mol. The summed E-state index contributed by atoms with van der Waals surface area (Å²) in [7, 11) is 0. The third-order valence-corrected chi connectivity index (χ3v) is 6.01. The Hall–Kier alpha value is -2.37. The fraction of sp³-hybridized carbons (Fsp3) is 0.348. The van der Waals surface area contributed by atoms with Gasteiger partial charge in [-0.05, 0) is 30.5 Å². The zero-order chi connectivity index (χ0) is 19.9. The van der Waals surface area contributed by atoms with Crippen LogP contribution in [-0.4, -0.2) is 37.8 Å². The second-order valence-corrected chi connectivity index (χ2v) is 7.70. The lowest BCUT2D eigenvalue weighted by Gasteiger charge is -2.29. The number of aryl methyl sites for hydroxylation is 1. The molecule has 0 radical (unpaired) electrons. The van der Waals surface area contributed by atoms with E-state index in [1.165, 1.54) is 16.0 Å². The number of hydrogen-bond acceptors (Lipinski definition) is 5. The third kappa shape index (κ3) is 4.54. The predicted octanol–water partition coefficient (Wildman–Crippen LogP) is 4.94. The summed E-state index contributed by atoms with van der Waals surface area (Å²) in [6, 6.07) is 4.45. The standard InChI is InChI=1S/C23H29N3OS/c1-5-8-9-18(6-2)16-24-17(4)23-25-21-19(7-3)10-11-20(22(21)28-23)26-12-14-27-15-13-26/h5-6,8-11,24H,2,4,7,12-16H2,1,3H3/b8-5-,18-9+. The Bertz CT molecular complexity index is 904. The van der Waals surface area contributed by atoms with E-state index >= 15 is 0 Å². The molecule has 0 bridgehead atoms. The molecule has 0 atom stereocenters. The number of allylic oxidation sites excluding steroid dienone is 3. The summed E-state index contributed by atoms with van der Waals surface area (Å²) in [5.41, 5.74) is 5.60. The van der Waals surface area contributed by atoms with Gasteiger partial charge in [-0.2, -0.15) is 0 Å². The number of morpholine rings is 1. The van der Waals surface area contributed by atoms with Crippen LogP contribution in [0.4, 0.5) is 5.69 Å². The molecule has 0 saturated carbocycles. The van der Waals surface area contributed by atoms with Gasteiger partial charge in [-0.3, -0.25) is 0 Å². The van der Waals surface area contributed by atoms with Crippen molar-refractivity contribution in [2.24, 2.45) is 0 Å². The van der Waals surface area contributed by atoms with Crippen molar-refractivity contribution in [3.05, 3.63) is 65.7 Å². The molecule has 0 amide bonds. The lowest BCUT2D eigenvalue weighted by atomic mass is 10.1. The Labute approximate surface area is 171 Å². The van der Waals surface area contributed by atoms with Gasteiger partial charge in [0.15, 0.2) is 0 Å². The monoisotopic (exact) mass is 395 g/mol. The summed E-state index contributed by atoms with van der Waals surface area (Å²) in [5, 5.41) is 4.35. The van der Waals surface area contributed by atoms with E-state index in [2.05, 4.69) is 48.5 Å². The minimum Gasteiger partial charge on any atom is -0.379 e. The average Bonchev–Trinajstić information content (AvgIpc) is 3.19. The molecule has 0 spiro atoms. The van der Waals surface area contributed by atoms with Crippen LogP contribution in [-0.2, 0) is 11.2 Å². The first kappa shape index (κ1) is 20.4. The second-order valence-electron chi connectivity index (χ2n) is 6.70. The van der Waals surface area contributed by atoms with Gasteiger partial charge in [-0.25, -0.2) is 4.98 Å². The first-order valence-electron chi connectivity index (χ1n) is 9.80. The molecule has 2 aromatic rings. The first-order valence-corrected chi connectivity index (χ1v) is 10.6. The lowest BCUT2D eigenvalue weighted by Crippen LogP contribution is -2.36. The van der Waals surface area contributed by atoms with Crippen LogP contribution in [0, 0.1) is 0 Å². The van der Waals surface area contributed by atoms with E-state index in [1.807, 2.05) is 25.2 Å². The molecule has 0 unspecified atom stereocenters. The van der Waals surface area contributed by atoms with Crippen molar-refractivity contribution in [3.63, 3.8) is 0 Å². The molecule has 28 heavy (non-hydrogen) atoms. The molecule has 3 rings (SSSR count). The van der Waals surface area contributed by atoms with E-state index in [-0.39, 0.29) is 0 Å². The Morgan fingerprint density at radius 2 is 2.14 bits per heavy atom. The SMILES string of the molecule is C=C/C(=C\C=C/C)CNC(=C)c1nc2c(CC)ccc(N3CCOCC3)c2s1. The number of fused-ring (bicyclic) bond motifs is 1. The quantitative estimate of drug-likeness (QED) is 0.642. The van der Waals surface area contributed by atoms with Crippen molar-refractivity contribution >= 4 is 32.9 Å². The summed E-state index contributed by atoms with van der Waals surface area (Å²) < 4.78 is 6.76. The molecule has 1 N–H and O–H groups in total. The van der Waals surface area contributed by atoms with Crippen LogP contribution < -0.4 is 10.2 Å². The molecule has 1 fully saturated rings. The molecule has 1 aliphatic rings. The highest BCUT2D eigenvalue weighted by Crippen LogP contribution is 2.36. The van der Waals surface area contributed by atoms with Crippen LogP contribution >= 0.6 is 11.3 Å². The van der Waals surface area contributed by atoms with Crippen molar-refractivity contribution in [2.75, 3.05) is 37.7 Å². The zero-order valence-electron chi connectivity index (χ0n) is 16.8. The number of nitrogens with one attached hydrogen (secondary N) is 1. The van der Waals surface area contributed by atoms with E-state index in [9.17, 15) is 0 Å². The van der Waals surface area contributed by atoms with E-state index in [0.29, 0.717) is 6.54 Å². The second kappa shape index (κ2) is 9.71. The molecule has 0 aliphatic carbocycles. The van der Waals surface area contributed by atoms with Crippen molar-refractivity contribution in [2.45, 2.75) is 20.3 Å². The topological polar surface area (TPSA) is 37.4 Å². The molecule has 4 nitrogen and oxygen atoms in total. The zero-order valence-corrected chi connectivity index (χ0v) is 17.6. The summed E-state index contributed by atoms with van der Waals surface area (Å²) in [6.07, 6.45) is 8.91. The maximum Gasteiger partial charge on any atom is 0.140 e. The Balaban J connectivity index is 1.87. The van der Waals surface area contributed by atoms with E-state index < -0.39 is 0 Å². The van der Waals surface area contributed by atoms with Crippen LogP contribution in [0.1, 0.15) is 24.4 Å². The van der Waals surface area contributed by atoms with Crippen molar-refractivity contribution in [1.29, 1.82) is 0 Å². The molecule has 148 valence electrons. The number of thiazole rings is 1. The first-order chi connectivity index (χ1) is 13.7. The van der Waals surface area contributed by atoms with Gasteiger partial charge in [0.25, 0.3) is 0 Å². The molecular formula is C23H29N3OS. The number of nitrogens with zero attached hydrogens (tertiary/aromatic N) is 2. The largest absolute Gasteiger partial charge is 0.379 e. The Morgan fingerprint density at radius 1 is 1.36 bits per heavy atom. The van der Waals surface area contributed by atoms with Gasteiger partial charge in [-0.15, -0.1) is 11.3 Å². The average molecular weight is 396 g/mol. The molecule has 1 aliphatic heterocycles. The van der Waals surface area contributed by atoms with Crippen molar-refractivity contribution < 1.29 is 4.74 Å². The Morgan fingerprint density at radius 3 is 2.82 bits per heavy atom.